The number of rotatable bonds is 3. The van der Waals surface area contributed by atoms with Crippen LogP contribution in [0.5, 0.6) is 0 Å². The predicted molar refractivity (Wildman–Crippen MR) is 52.5 cm³/mol. The summed E-state index contributed by atoms with van der Waals surface area (Å²) in [4.78, 5) is 21.8. The fraction of sp³-hybridized carbons (Fsp3) is 0.182. The van der Waals surface area contributed by atoms with Crippen molar-refractivity contribution in [1.82, 2.24) is 0 Å². The van der Waals surface area contributed by atoms with Crippen molar-refractivity contribution in [2.75, 3.05) is 0 Å². The van der Waals surface area contributed by atoms with Crippen LogP contribution in [0.4, 0.5) is 0 Å². The molecule has 0 amide bonds. The third-order valence-electron chi connectivity index (χ3n) is 2.07. The summed E-state index contributed by atoms with van der Waals surface area (Å²) in [5, 5.41) is 17.2. The van der Waals surface area contributed by atoms with E-state index in [9.17, 15) is 9.59 Å². The van der Waals surface area contributed by atoms with Gasteiger partial charge in [-0.3, -0.25) is 9.59 Å². The van der Waals surface area contributed by atoms with Crippen LogP contribution in [0, 0.1) is 18.3 Å². The number of ketones is 1. The van der Waals surface area contributed by atoms with Gasteiger partial charge in [0.25, 0.3) is 0 Å². The van der Waals surface area contributed by atoms with Gasteiger partial charge in [-0.2, -0.15) is 5.26 Å². The van der Waals surface area contributed by atoms with Crippen molar-refractivity contribution in [2.45, 2.75) is 13.3 Å². The first-order valence-corrected chi connectivity index (χ1v) is 4.31. The minimum absolute atomic E-state index is 0.302. The lowest BCUT2D eigenvalue weighted by Gasteiger charge is -2.04. The van der Waals surface area contributed by atoms with Gasteiger partial charge < -0.3 is 5.11 Å². The molecule has 4 nitrogen and oxygen atoms in total. The van der Waals surface area contributed by atoms with Crippen LogP contribution in [0.25, 0.3) is 0 Å². The molecule has 0 spiro atoms. The van der Waals surface area contributed by atoms with Gasteiger partial charge >= 0.3 is 5.97 Å². The van der Waals surface area contributed by atoms with Crippen molar-refractivity contribution in [3.05, 3.63) is 34.9 Å². The van der Waals surface area contributed by atoms with Crippen LogP contribution in [0.3, 0.4) is 0 Å². The molecular formula is C11H9NO3. The number of benzene rings is 1. The van der Waals surface area contributed by atoms with Crippen molar-refractivity contribution in [3.63, 3.8) is 0 Å². The summed E-state index contributed by atoms with van der Waals surface area (Å²) in [5.41, 5.74) is 1.23. The Hall–Kier alpha value is -2.15. The SMILES string of the molecule is Cc1c(C#N)cccc1C(=O)CC(=O)O. The molecule has 15 heavy (non-hydrogen) atoms. The van der Waals surface area contributed by atoms with E-state index in [4.69, 9.17) is 10.4 Å². The molecular weight excluding hydrogens is 194 g/mol. The minimum Gasteiger partial charge on any atom is -0.481 e. The Balaban J connectivity index is 3.11. The van der Waals surface area contributed by atoms with E-state index in [2.05, 4.69) is 0 Å². The molecule has 0 aliphatic heterocycles. The van der Waals surface area contributed by atoms with E-state index in [1.165, 1.54) is 6.07 Å². The fourth-order valence-electron chi connectivity index (χ4n) is 1.29. The quantitative estimate of drug-likeness (QED) is 0.596. The summed E-state index contributed by atoms with van der Waals surface area (Å²) in [6, 6.07) is 6.63. The van der Waals surface area contributed by atoms with Gasteiger partial charge in [-0.15, -0.1) is 0 Å². The van der Waals surface area contributed by atoms with E-state index < -0.39 is 18.2 Å². The summed E-state index contributed by atoms with van der Waals surface area (Å²) < 4.78 is 0. The molecule has 0 aromatic heterocycles. The molecule has 0 atom stereocenters. The van der Waals surface area contributed by atoms with Gasteiger partial charge in [0.1, 0.15) is 6.42 Å². The Morgan fingerprint density at radius 2 is 2.13 bits per heavy atom. The molecule has 0 saturated heterocycles. The lowest BCUT2D eigenvalue weighted by Crippen LogP contribution is -2.09. The Kier molecular flexibility index (Phi) is 3.19. The smallest absolute Gasteiger partial charge is 0.311 e. The lowest BCUT2D eigenvalue weighted by atomic mass is 9.98. The molecule has 1 N–H and O–H groups in total. The number of carbonyl (C=O) groups excluding carboxylic acids is 1. The molecule has 0 radical (unpaired) electrons. The van der Waals surface area contributed by atoms with Crippen LogP contribution >= 0.6 is 0 Å². The second kappa shape index (κ2) is 4.38. The maximum absolute atomic E-state index is 11.5. The van der Waals surface area contributed by atoms with Gasteiger partial charge in [-0.25, -0.2) is 0 Å². The number of nitrogens with zero attached hydrogens (tertiary/aromatic N) is 1. The molecule has 76 valence electrons. The van der Waals surface area contributed by atoms with Crippen molar-refractivity contribution >= 4 is 11.8 Å². The van der Waals surface area contributed by atoms with Crippen LogP contribution in [-0.2, 0) is 4.79 Å². The summed E-state index contributed by atoms with van der Waals surface area (Å²) in [7, 11) is 0. The van der Waals surface area contributed by atoms with E-state index in [1.807, 2.05) is 6.07 Å². The minimum atomic E-state index is -1.17. The number of carboxylic acids is 1. The number of aliphatic carboxylic acids is 1. The third-order valence-corrected chi connectivity index (χ3v) is 2.07. The van der Waals surface area contributed by atoms with E-state index in [0.29, 0.717) is 16.7 Å². The second-order valence-corrected chi connectivity index (χ2v) is 3.08. The Morgan fingerprint density at radius 1 is 1.47 bits per heavy atom. The normalized spacial score (nSPS) is 9.33. The molecule has 1 aromatic carbocycles. The topological polar surface area (TPSA) is 78.2 Å². The maximum atomic E-state index is 11.5. The molecule has 0 heterocycles. The van der Waals surface area contributed by atoms with Crippen molar-refractivity contribution < 1.29 is 14.7 Å². The van der Waals surface area contributed by atoms with E-state index in [-0.39, 0.29) is 0 Å². The molecule has 0 fully saturated rings. The van der Waals surface area contributed by atoms with Crippen LogP contribution < -0.4 is 0 Å². The first-order valence-electron chi connectivity index (χ1n) is 4.31. The average molecular weight is 203 g/mol. The summed E-state index contributed by atoms with van der Waals surface area (Å²) in [6.07, 6.45) is -0.546. The zero-order chi connectivity index (χ0) is 11.4. The zero-order valence-corrected chi connectivity index (χ0v) is 8.15. The summed E-state index contributed by atoms with van der Waals surface area (Å²) >= 11 is 0. The van der Waals surface area contributed by atoms with Gasteiger partial charge in [0.15, 0.2) is 5.78 Å². The molecule has 0 aliphatic carbocycles. The second-order valence-electron chi connectivity index (χ2n) is 3.08. The van der Waals surface area contributed by atoms with Crippen molar-refractivity contribution in [2.24, 2.45) is 0 Å². The van der Waals surface area contributed by atoms with Crippen LogP contribution in [-0.4, -0.2) is 16.9 Å². The van der Waals surface area contributed by atoms with Crippen molar-refractivity contribution in [3.8, 4) is 6.07 Å². The third kappa shape index (κ3) is 2.41. The van der Waals surface area contributed by atoms with Crippen molar-refractivity contribution in [1.29, 1.82) is 5.26 Å². The first kappa shape index (κ1) is 10.9. The molecule has 1 rings (SSSR count). The largest absolute Gasteiger partial charge is 0.481 e. The Labute approximate surface area is 86.8 Å². The molecule has 0 saturated carbocycles. The molecule has 0 aliphatic rings. The number of carboxylic acid groups (broad SMARTS) is 1. The zero-order valence-electron chi connectivity index (χ0n) is 8.15. The van der Waals surface area contributed by atoms with Crippen LogP contribution in [0.2, 0.25) is 0 Å². The number of carbonyl (C=O) groups is 2. The Bertz CT molecular complexity index is 457. The predicted octanol–water partition coefficient (Wildman–Crippen LogP) is 1.52. The highest BCUT2D eigenvalue weighted by atomic mass is 16.4. The summed E-state index contributed by atoms with van der Waals surface area (Å²) in [5.74, 6) is -1.64. The standard InChI is InChI=1S/C11H9NO3/c1-7-8(6-12)3-2-4-9(7)10(13)5-11(14)15/h2-4H,5H2,1H3,(H,14,15). The molecule has 4 heteroatoms. The van der Waals surface area contributed by atoms with Gasteiger partial charge in [-0.05, 0) is 18.6 Å². The fourth-order valence-corrected chi connectivity index (χ4v) is 1.29. The number of nitriles is 1. The highest BCUT2D eigenvalue weighted by molar-refractivity contribution is 6.06. The van der Waals surface area contributed by atoms with E-state index in [1.54, 1.807) is 19.1 Å². The monoisotopic (exact) mass is 203 g/mol. The highest BCUT2D eigenvalue weighted by Gasteiger charge is 2.14. The van der Waals surface area contributed by atoms with Gasteiger partial charge in [0, 0.05) is 5.56 Å². The number of hydrogen-bond donors (Lipinski definition) is 1. The van der Waals surface area contributed by atoms with Crippen LogP contribution in [0.1, 0.15) is 27.9 Å². The van der Waals surface area contributed by atoms with E-state index >= 15 is 0 Å². The van der Waals surface area contributed by atoms with Gasteiger partial charge in [0.05, 0.1) is 11.6 Å². The summed E-state index contributed by atoms with van der Waals surface area (Å²) in [6.45, 7) is 1.63. The molecule has 0 bridgehead atoms. The van der Waals surface area contributed by atoms with E-state index in [0.717, 1.165) is 0 Å². The first-order chi connectivity index (χ1) is 7.06. The average Bonchev–Trinajstić information content (AvgIpc) is 2.17. The number of hydrogen-bond acceptors (Lipinski definition) is 3. The molecule has 1 aromatic rings. The maximum Gasteiger partial charge on any atom is 0.311 e. The lowest BCUT2D eigenvalue weighted by molar-refractivity contribution is -0.135. The van der Waals surface area contributed by atoms with Crippen LogP contribution in [0.15, 0.2) is 18.2 Å². The highest BCUT2D eigenvalue weighted by Crippen LogP contribution is 2.14. The Morgan fingerprint density at radius 3 is 2.67 bits per heavy atom. The molecule has 0 unspecified atom stereocenters. The number of Topliss-reactive ketones (excluding diaryl/α,β-unsaturated/α-hetero) is 1. The van der Waals surface area contributed by atoms with Gasteiger partial charge in [-0.1, -0.05) is 12.1 Å². The van der Waals surface area contributed by atoms with Gasteiger partial charge in [0.2, 0.25) is 0 Å².